The van der Waals surface area contributed by atoms with Crippen LogP contribution < -0.4 is 5.32 Å². The summed E-state index contributed by atoms with van der Waals surface area (Å²) in [6.45, 7) is 2.14. The van der Waals surface area contributed by atoms with Crippen molar-refractivity contribution in [1.82, 2.24) is 0 Å². The minimum Gasteiger partial charge on any atom is -0.388 e. The van der Waals surface area contributed by atoms with Crippen molar-refractivity contribution in [2.24, 2.45) is 0 Å². The van der Waals surface area contributed by atoms with Gasteiger partial charge in [0.1, 0.15) is 0 Å². The number of benzene rings is 2. The lowest BCUT2D eigenvalue weighted by molar-refractivity contribution is 0.164. The SMILES string of the molecule is CCCCC(O)c1ccc(Nc2ccccc2)cc1. The van der Waals surface area contributed by atoms with Gasteiger partial charge in [0.25, 0.3) is 0 Å². The van der Waals surface area contributed by atoms with Crippen LogP contribution in [0.25, 0.3) is 0 Å². The number of anilines is 2. The van der Waals surface area contributed by atoms with E-state index in [0.29, 0.717) is 0 Å². The van der Waals surface area contributed by atoms with Crippen LogP contribution in [0, 0.1) is 0 Å². The van der Waals surface area contributed by atoms with Gasteiger partial charge < -0.3 is 10.4 Å². The molecular formula is C17H21NO. The van der Waals surface area contributed by atoms with Gasteiger partial charge in [-0.1, -0.05) is 50.1 Å². The highest BCUT2D eigenvalue weighted by atomic mass is 16.3. The van der Waals surface area contributed by atoms with Crippen LogP contribution in [0.1, 0.15) is 37.9 Å². The van der Waals surface area contributed by atoms with E-state index in [0.717, 1.165) is 36.2 Å². The van der Waals surface area contributed by atoms with Crippen LogP contribution in [-0.4, -0.2) is 5.11 Å². The van der Waals surface area contributed by atoms with Crippen molar-refractivity contribution < 1.29 is 5.11 Å². The molecule has 0 saturated carbocycles. The molecule has 0 bridgehead atoms. The van der Waals surface area contributed by atoms with Crippen molar-refractivity contribution in [3.8, 4) is 0 Å². The van der Waals surface area contributed by atoms with Crippen molar-refractivity contribution in [3.05, 3.63) is 60.2 Å². The first-order valence-electron chi connectivity index (χ1n) is 6.89. The van der Waals surface area contributed by atoms with E-state index in [1.165, 1.54) is 0 Å². The Hall–Kier alpha value is -1.80. The highest BCUT2D eigenvalue weighted by Crippen LogP contribution is 2.22. The van der Waals surface area contributed by atoms with E-state index >= 15 is 0 Å². The molecule has 2 aromatic carbocycles. The van der Waals surface area contributed by atoms with Crippen molar-refractivity contribution in [1.29, 1.82) is 0 Å². The maximum Gasteiger partial charge on any atom is 0.0790 e. The van der Waals surface area contributed by atoms with Crippen LogP contribution in [0.4, 0.5) is 11.4 Å². The van der Waals surface area contributed by atoms with Crippen molar-refractivity contribution in [2.75, 3.05) is 5.32 Å². The normalized spacial score (nSPS) is 12.1. The molecule has 2 aromatic rings. The van der Waals surface area contributed by atoms with Gasteiger partial charge in [-0.05, 0) is 36.2 Å². The molecule has 19 heavy (non-hydrogen) atoms. The molecule has 0 heterocycles. The number of unbranched alkanes of at least 4 members (excludes halogenated alkanes) is 1. The zero-order chi connectivity index (χ0) is 13.5. The Balaban J connectivity index is 1.98. The molecule has 0 aliphatic rings. The Kier molecular flexibility index (Phi) is 4.99. The number of aliphatic hydroxyl groups is 1. The van der Waals surface area contributed by atoms with E-state index in [2.05, 4.69) is 12.2 Å². The van der Waals surface area contributed by atoms with Gasteiger partial charge >= 0.3 is 0 Å². The van der Waals surface area contributed by atoms with E-state index in [-0.39, 0.29) is 6.10 Å². The molecule has 0 spiro atoms. The third kappa shape index (κ3) is 4.11. The van der Waals surface area contributed by atoms with Crippen LogP contribution in [0.5, 0.6) is 0 Å². The monoisotopic (exact) mass is 255 g/mol. The first kappa shape index (κ1) is 13.6. The lowest BCUT2D eigenvalue weighted by atomic mass is 10.0. The molecule has 1 atom stereocenters. The third-order valence-corrected chi connectivity index (χ3v) is 3.19. The molecule has 100 valence electrons. The number of hydrogen-bond donors (Lipinski definition) is 2. The molecular weight excluding hydrogens is 234 g/mol. The Morgan fingerprint density at radius 2 is 1.58 bits per heavy atom. The van der Waals surface area contributed by atoms with Gasteiger partial charge in [-0.2, -0.15) is 0 Å². The number of para-hydroxylation sites is 1. The van der Waals surface area contributed by atoms with Crippen LogP contribution >= 0.6 is 0 Å². The zero-order valence-corrected chi connectivity index (χ0v) is 11.3. The highest BCUT2D eigenvalue weighted by Gasteiger charge is 2.06. The van der Waals surface area contributed by atoms with E-state index < -0.39 is 0 Å². The second-order valence-electron chi connectivity index (χ2n) is 4.77. The molecule has 2 heteroatoms. The van der Waals surface area contributed by atoms with Gasteiger partial charge in [-0.25, -0.2) is 0 Å². The fraction of sp³-hybridized carbons (Fsp3) is 0.294. The molecule has 2 N–H and O–H groups in total. The number of rotatable bonds is 6. The molecule has 0 aliphatic carbocycles. The summed E-state index contributed by atoms with van der Waals surface area (Å²) < 4.78 is 0. The number of aliphatic hydroxyl groups excluding tert-OH is 1. The predicted molar refractivity (Wildman–Crippen MR) is 80.7 cm³/mol. The fourth-order valence-electron chi connectivity index (χ4n) is 2.04. The van der Waals surface area contributed by atoms with Crippen molar-refractivity contribution in [2.45, 2.75) is 32.3 Å². The van der Waals surface area contributed by atoms with E-state index in [4.69, 9.17) is 0 Å². The van der Waals surface area contributed by atoms with Gasteiger partial charge in [0, 0.05) is 11.4 Å². The Morgan fingerprint density at radius 1 is 0.947 bits per heavy atom. The maximum atomic E-state index is 10.0. The molecule has 1 unspecified atom stereocenters. The van der Waals surface area contributed by atoms with E-state index in [1.807, 2.05) is 54.6 Å². The first-order chi connectivity index (χ1) is 9.29. The average molecular weight is 255 g/mol. The highest BCUT2D eigenvalue weighted by molar-refractivity contribution is 5.59. The Bertz CT molecular complexity index is 478. The fourth-order valence-corrected chi connectivity index (χ4v) is 2.04. The summed E-state index contributed by atoms with van der Waals surface area (Å²) in [4.78, 5) is 0. The van der Waals surface area contributed by atoms with Crippen LogP contribution in [0.2, 0.25) is 0 Å². The molecule has 0 saturated heterocycles. The summed E-state index contributed by atoms with van der Waals surface area (Å²) in [5, 5.41) is 13.3. The smallest absolute Gasteiger partial charge is 0.0790 e. The average Bonchev–Trinajstić information content (AvgIpc) is 2.46. The standard InChI is InChI=1S/C17H21NO/c1-2-3-9-17(19)14-10-12-16(13-11-14)18-15-7-5-4-6-8-15/h4-8,10-13,17-19H,2-3,9H2,1H3. The molecule has 2 nitrogen and oxygen atoms in total. The van der Waals surface area contributed by atoms with E-state index in [9.17, 15) is 5.11 Å². The Labute approximate surface area is 115 Å². The minimum atomic E-state index is -0.342. The summed E-state index contributed by atoms with van der Waals surface area (Å²) in [5.74, 6) is 0. The summed E-state index contributed by atoms with van der Waals surface area (Å²) in [6, 6.07) is 18.1. The number of hydrogen-bond acceptors (Lipinski definition) is 2. The summed E-state index contributed by atoms with van der Waals surface area (Å²) in [6.07, 6.45) is 2.67. The van der Waals surface area contributed by atoms with Crippen LogP contribution in [0.3, 0.4) is 0 Å². The van der Waals surface area contributed by atoms with Gasteiger partial charge in [0.05, 0.1) is 6.10 Å². The molecule has 0 aliphatic heterocycles. The maximum absolute atomic E-state index is 10.0. The minimum absolute atomic E-state index is 0.342. The largest absolute Gasteiger partial charge is 0.388 e. The zero-order valence-electron chi connectivity index (χ0n) is 11.3. The van der Waals surface area contributed by atoms with Gasteiger partial charge in [0.2, 0.25) is 0 Å². The van der Waals surface area contributed by atoms with Gasteiger partial charge in [0.15, 0.2) is 0 Å². The third-order valence-electron chi connectivity index (χ3n) is 3.19. The second-order valence-corrected chi connectivity index (χ2v) is 4.77. The van der Waals surface area contributed by atoms with Gasteiger partial charge in [-0.15, -0.1) is 0 Å². The molecule has 0 radical (unpaired) electrons. The van der Waals surface area contributed by atoms with Crippen molar-refractivity contribution in [3.63, 3.8) is 0 Å². The van der Waals surface area contributed by atoms with Gasteiger partial charge in [-0.3, -0.25) is 0 Å². The molecule has 0 amide bonds. The summed E-state index contributed by atoms with van der Waals surface area (Å²) >= 11 is 0. The first-order valence-corrected chi connectivity index (χ1v) is 6.89. The van der Waals surface area contributed by atoms with Crippen LogP contribution in [0.15, 0.2) is 54.6 Å². The van der Waals surface area contributed by atoms with Crippen molar-refractivity contribution >= 4 is 11.4 Å². The summed E-state index contributed by atoms with van der Waals surface area (Å²) in [7, 11) is 0. The molecule has 2 rings (SSSR count). The Morgan fingerprint density at radius 3 is 2.21 bits per heavy atom. The summed E-state index contributed by atoms with van der Waals surface area (Å²) in [5.41, 5.74) is 3.10. The van der Waals surface area contributed by atoms with E-state index in [1.54, 1.807) is 0 Å². The topological polar surface area (TPSA) is 32.3 Å². The molecule has 0 aromatic heterocycles. The quantitative estimate of drug-likeness (QED) is 0.787. The van der Waals surface area contributed by atoms with Crippen LogP contribution in [-0.2, 0) is 0 Å². The predicted octanol–water partition coefficient (Wildman–Crippen LogP) is 4.65. The second kappa shape index (κ2) is 6.95. The number of nitrogens with one attached hydrogen (secondary N) is 1. The molecule has 0 fully saturated rings. The lowest BCUT2D eigenvalue weighted by Gasteiger charge is -2.12. The lowest BCUT2D eigenvalue weighted by Crippen LogP contribution is -1.97.